The number of hydrogen-bond acceptors (Lipinski definition) is 6. The van der Waals surface area contributed by atoms with Gasteiger partial charge >= 0.3 is 5.69 Å². The third kappa shape index (κ3) is 2.55. The molecule has 1 fully saturated rings. The molecule has 1 aliphatic heterocycles. The molecule has 6 nitrogen and oxygen atoms in total. The van der Waals surface area contributed by atoms with Crippen molar-refractivity contribution in [3.05, 3.63) is 22.7 Å². The zero-order chi connectivity index (χ0) is 11.5. The highest BCUT2D eigenvalue weighted by molar-refractivity contribution is 8.00. The van der Waals surface area contributed by atoms with Crippen molar-refractivity contribution in [2.75, 3.05) is 18.1 Å². The maximum absolute atomic E-state index is 11.4. The molecular weight excluding hydrogens is 230 g/mol. The highest BCUT2D eigenvalue weighted by Gasteiger charge is 2.25. The number of aromatic nitrogens is 2. The largest absolute Gasteiger partial charge is 0.393 e. The Kier molecular flexibility index (Phi) is 3.47. The van der Waals surface area contributed by atoms with Crippen LogP contribution in [0, 0.1) is 0 Å². The van der Waals surface area contributed by atoms with Crippen LogP contribution in [0.2, 0.25) is 0 Å². The van der Waals surface area contributed by atoms with Gasteiger partial charge in [0.05, 0.1) is 19.3 Å². The fraction of sp³-hybridized carbons (Fsp3) is 0.556. The van der Waals surface area contributed by atoms with Crippen LogP contribution in [0.3, 0.4) is 0 Å². The topological polar surface area (TPSA) is 90.4 Å². The predicted molar refractivity (Wildman–Crippen MR) is 61.1 cm³/mol. The number of nitrogen functional groups attached to an aromatic ring is 1. The molecule has 2 atom stereocenters. The number of aliphatic hydroxyl groups excluding tert-OH is 1. The van der Waals surface area contributed by atoms with E-state index in [9.17, 15) is 4.79 Å². The summed E-state index contributed by atoms with van der Waals surface area (Å²) in [5, 5.41) is 8.90. The summed E-state index contributed by atoms with van der Waals surface area (Å²) in [5.41, 5.74) is 4.83. The zero-order valence-corrected chi connectivity index (χ0v) is 9.39. The van der Waals surface area contributed by atoms with Crippen molar-refractivity contribution >= 4 is 17.6 Å². The number of aliphatic hydroxyl groups is 1. The second-order valence-electron chi connectivity index (χ2n) is 3.49. The summed E-state index contributed by atoms with van der Waals surface area (Å²) in [5.74, 6) is 0.985. The van der Waals surface area contributed by atoms with Crippen LogP contribution >= 0.6 is 11.8 Å². The predicted octanol–water partition coefficient (Wildman–Crippen LogP) is -0.724. The van der Waals surface area contributed by atoms with Crippen LogP contribution in [0.5, 0.6) is 0 Å². The SMILES string of the molecule is Nc1ccn(C[C@H]2CS[C@@H](CO)O2)c(=O)n1. The van der Waals surface area contributed by atoms with E-state index in [1.165, 1.54) is 4.57 Å². The minimum atomic E-state index is -0.374. The fourth-order valence-corrected chi connectivity index (χ4v) is 2.45. The van der Waals surface area contributed by atoms with Gasteiger partial charge in [0.1, 0.15) is 11.3 Å². The normalized spacial score (nSPS) is 24.8. The van der Waals surface area contributed by atoms with Crippen molar-refractivity contribution < 1.29 is 9.84 Å². The number of nitrogens with two attached hydrogens (primary N) is 1. The molecule has 1 aromatic heterocycles. The lowest BCUT2D eigenvalue weighted by molar-refractivity contribution is 0.0261. The Hall–Kier alpha value is -1.05. The van der Waals surface area contributed by atoms with Crippen molar-refractivity contribution in [3.8, 4) is 0 Å². The van der Waals surface area contributed by atoms with Crippen LogP contribution in [-0.2, 0) is 11.3 Å². The molecule has 0 radical (unpaired) electrons. The van der Waals surface area contributed by atoms with E-state index >= 15 is 0 Å². The zero-order valence-electron chi connectivity index (χ0n) is 8.57. The maximum Gasteiger partial charge on any atom is 0.349 e. The second-order valence-corrected chi connectivity index (χ2v) is 4.68. The lowest BCUT2D eigenvalue weighted by atomic mass is 10.4. The highest BCUT2D eigenvalue weighted by atomic mass is 32.2. The van der Waals surface area contributed by atoms with Gasteiger partial charge in [0.15, 0.2) is 0 Å². The van der Waals surface area contributed by atoms with E-state index < -0.39 is 0 Å². The number of ether oxygens (including phenoxy) is 1. The molecule has 0 aromatic carbocycles. The Balaban J connectivity index is 2.02. The molecule has 0 unspecified atom stereocenters. The van der Waals surface area contributed by atoms with E-state index in [4.69, 9.17) is 15.6 Å². The number of nitrogens with zero attached hydrogens (tertiary/aromatic N) is 2. The molecule has 0 aliphatic carbocycles. The average Bonchev–Trinajstić information content (AvgIpc) is 2.70. The number of hydrogen-bond donors (Lipinski definition) is 2. The summed E-state index contributed by atoms with van der Waals surface area (Å²) in [4.78, 5) is 15.1. The molecule has 16 heavy (non-hydrogen) atoms. The lowest BCUT2D eigenvalue weighted by Crippen LogP contribution is -2.30. The fourth-order valence-electron chi connectivity index (χ4n) is 1.50. The third-order valence-corrected chi connectivity index (χ3v) is 3.45. The average molecular weight is 243 g/mol. The van der Waals surface area contributed by atoms with Gasteiger partial charge < -0.3 is 15.6 Å². The van der Waals surface area contributed by atoms with Crippen LogP contribution < -0.4 is 11.4 Å². The smallest absolute Gasteiger partial charge is 0.349 e. The number of thioether (sulfide) groups is 1. The first-order valence-corrected chi connectivity index (χ1v) is 5.95. The first-order chi connectivity index (χ1) is 7.69. The van der Waals surface area contributed by atoms with Crippen molar-refractivity contribution in [2.45, 2.75) is 18.1 Å². The van der Waals surface area contributed by atoms with E-state index in [2.05, 4.69) is 4.98 Å². The van der Waals surface area contributed by atoms with Gasteiger partial charge in [-0.2, -0.15) is 4.98 Å². The quantitative estimate of drug-likeness (QED) is 0.728. The second kappa shape index (κ2) is 4.86. The van der Waals surface area contributed by atoms with Crippen molar-refractivity contribution in [2.24, 2.45) is 0 Å². The molecule has 0 bridgehead atoms. The van der Waals surface area contributed by atoms with Crippen molar-refractivity contribution in [1.29, 1.82) is 0 Å². The summed E-state index contributed by atoms with van der Waals surface area (Å²) < 4.78 is 6.95. The van der Waals surface area contributed by atoms with Crippen LogP contribution in [0.1, 0.15) is 0 Å². The number of anilines is 1. The minimum absolute atomic E-state index is 0.00392. The van der Waals surface area contributed by atoms with E-state index in [0.29, 0.717) is 6.54 Å². The van der Waals surface area contributed by atoms with Gasteiger partial charge in [0.2, 0.25) is 0 Å². The molecule has 7 heteroatoms. The highest BCUT2D eigenvalue weighted by Crippen LogP contribution is 2.25. The number of rotatable bonds is 3. The van der Waals surface area contributed by atoms with Crippen LogP contribution in [0.4, 0.5) is 5.82 Å². The summed E-state index contributed by atoms with van der Waals surface area (Å²) in [6.07, 6.45) is 1.54. The van der Waals surface area contributed by atoms with E-state index in [1.807, 2.05) is 0 Å². The molecule has 1 aromatic rings. The van der Waals surface area contributed by atoms with Crippen molar-refractivity contribution in [1.82, 2.24) is 9.55 Å². The Labute approximate surface area is 96.4 Å². The van der Waals surface area contributed by atoms with E-state index in [0.717, 1.165) is 5.75 Å². The molecular formula is C9H13N3O3S. The third-order valence-electron chi connectivity index (χ3n) is 2.26. The molecule has 1 saturated heterocycles. The monoisotopic (exact) mass is 243 g/mol. The van der Waals surface area contributed by atoms with Crippen LogP contribution in [0.25, 0.3) is 0 Å². The van der Waals surface area contributed by atoms with Gasteiger partial charge in [0.25, 0.3) is 0 Å². The van der Waals surface area contributed by atoms with Gasteiger partial charge in [-0.05, 0) is 6.07 Å². The summed E-state index contributed by atoms with van der Waals surface area (Å²) in [6, 6.07) is 1.58. The standard InChI is InChI=1S/C9H13N3O3S/c10-7-1-2-12(9(14)11-7)3-6-5-16-8(4-13)15-6/h1-2,6,8,13H,3-5H2,(H2,10,11,14)/t6-,8-/m0/s1. The van der Waals surface area contributed by atoms with Gasteiger partial charge in [-0.1, -0.05) is 0 Å². The molecule has 3 N–H and O–H groups in total. The van der Waals surface area contributed by atoms with Crippen molar-refractivity contribution in [3.63, 3.8) is 0 Å². The molecule has 0 amide bonds. The first kappa shape index (κ1) is 11.4. The Morgan fingerprint density at radius 3 is 3.19 bits per heavy atom. The molecule has 88 valence electrons. The van der Waals surface area contributed by atoms with Crippen LogP contribution in [-0.4, -0.2) is 38.6 Å². The molecule has 1 aliphatic rings. The Morgan fingerprint density at radius 1 is 1.75 bits per heavy atom. The van der Waals surface area contributed by atoms with E-state index in [-0.39, 0.29) is 29.7 Å². The summed E-state index contributed by atoms with van der Waals surface area (Å²) >= 11 is 1.55. The maximum atomic E-state index is 11.4. The molecule has 2 heterocycles. The van der Waals surface area contributed by atoms with Gasteiger partial charge in [-0.15, -0.1) is 11.8 Å². The Bertz CT molecular complexity index is 423. The summed E-state index contributed by atoms with van der Waals surface area (Å²) in [6.45, 7) is 0.436. The van der Waals surface area contributed by atoms with Gasteiger partial charge in [-0.3, -0.25) is 4.57 Å². The van der Waals surface area contributed by atoms with Crippen LogP contribution in [0.15, 0.2) is 17.1 Å². The van der Waals surface area contributed by atoms with E-state index in [1.54, 1.807) is 24.0 Å². The summed E-state index contributed by atoms with van der Waals surface area (Å²) in [7, 11) is 0. The molecule has 0 spiro atoms. The minimum Gasteiger partial charge on any atom is -0.393 e. The Morgan fingerprint density at radius 2 is 2.56 bits per heavy atom. The first-order valence-electron chi connectivity index (χ1n) is 4.90. The van der Waals surface area contributed by atoms with Gasteiger partial charge in [-0.25, -0.2) is 4.79 Å². The molecule has 0 saturated carbocycles. The van der Waals surface area contributed by atoms with Gasteiger partial charge in [0, 0.05) is 11.9 Å². The molecule has 2 rings (SSSR count). The lowest BCUT2D eigenvalue weighted by Gasteiger charge is -2.12.